The lowest BCUT2D eigenvalue weighted by Crippen LogP contribution is -2.37. The first-order chi connectivity index (χ1) is 10.0. The molecule has 1 fully saturated rings. The monoisotopic (exact) mass is 323 g/mol. The van der Waals surface area contributed by atoms with Crippen molar-refractivity contribution in [1.82, 2.24) is 9.71 Å². The third-order valence-electron chi connectivity index (χ3n) is 3.50. The van der Waals surface area contributed by atoms with E-state index in [0.717, 1.165) is 23.7 Å². The van der Waals surface area contributed by atoms with Crippen molar-refractivity contribution in [1.29, 1.82) is 0 Å². The number of nitrogens with one attached hydrogen (secondary N) is 1. The van der Waals surface area contributed by atoms with Crippen LogP contribution in [0, 0.1) is 6.92 Å². The highest BCUT2D eigenvalue weighted by Gasteiger charge is 2.28. The second kappa shape index (κ2) is 5.75. The Balaban J connectivity index is 1.70. The van der Waals surface area contributed by atoms with Crippen LogP contribution in [0.15, 0.2) is 40.7 Å². The summed E-state index contributed by atoms with van der Waals surface area (Å²) in [7, 11) is -3.45. The van der Waals surface area contributed by atoms with E-state index >= 15 is 0 Å². The van der Waals surface area contributed by atoms with Crippen molar-refractivity contribution in [2.75, 3.05) is 18.0 Å². The average Bonchev–Trinajstić information content (AvgIpc) is 3.08. The Morgan fingerprint density at radius 1 is 1.43 bits per heavy atom. The lowest BCUT2D eigenvalue weighted by molar-refractivity contribution is 0.561. The number of hydrogen-bond acceptors (Lipinski definition) is 5. The van der Waals surface area contributed by atoms with Crippen LogP contribution in [0.25, 0.3) is 0 Å². The van der Waals surface area contributed by atoms with Gasteiger partial charge in [0.2, 0.25) is 10.0 Å². The molecule has 2 heterocycles. The van der Waals surface area contributed by atoms with Crippen molar-refractivity contribution in [2.24, 2.45) is 0 Å². The maximum Gasteiger partial charge on any atom is 0.240 e. The molecule has 3 rings (SSSR count). The molecule has 21 heavy (non-hydrogen) atoms. The topological polar surface area (TPSA) is 62.3 Å². The van der Waals surface area contributed by atoms with Crippen molar-refractivity contribution in [3.05, 3.63) is 41.4 Å². The molecule has 1 unspecified atom stereocenters. The summed E-state index contributed by atoms with van der Waals surface area (Å²) < 4.78 is 27.6. The molecule has 0 bridgehead atoms. The Kier molecular flexibility index (Phi) is 3.97. The lowest BCUT2D eigenvalue weighted by atomic mass is 10.2. The first-order valence-electron chi connectivity index (χ1n) is 6.78. The molecular weight excluding hydrogens is 306 g/mol. The number of benzene rings is 1. The number of nitrogens with zero attached hydrogens (tertiary/aromatic N) is 2. The molecule has 0 saturated carbocycles. The summed E-state index contributed by atoms with van der Waals surface area (Å²) in [6.07, 6.45) is 2.56. The second-order valence-corrected chi connectivity index (χ2v) is 7.77. The summed E-state index contributed by atoms with van der Waals surface area (Å²) in [5, 5.41) is 2.88. The van der Waals surface area contributed by atoms with Gasteiger partial charge in [-0.1, -0.05) is 12.1 Å². The van der Waals surface area contributed by atoms with E-state index in [9.17, 15) is 8.42 Å². The van der Waals surface area contributed by atoms with E-state index in [1.807, 2.05) is 18.4 Å². The molecule has 1 aliphatic heterocycles. The average molecular weight is 323 g/mol. The minimum atomic E-state index is -3.45. The van der Waals surface area contributed by atoms with Crippen molar-refractivity contribution < 1.29 is 8.42 Å². The number of aromatic nitrogens is 1. The van der Waals surface area contributed by atoms with E-state index < -0.39 is 10.0 Å². The van der Waals surface area contributed by atoms with Gasteiger partial charge in [-0.3, -0.25) is 0 Å². The van der Waals surface area contributed by atoms with Gasteiger partial charge in [-0.05, 0) is 31.0 Å². The largest absolute Gasteiger partial charge is 0.346 e. The zero-order valence-electron chi connectivity index (χ0n) is 11.7. The smallest absolute Gasteiger partial charge is 0.240 e. The van der Waals surface area contributed by atoms with E-state index in [-0.39, 0.29) is 6.04 Å². The highest BCUT2D eigenvalue weighted by molar-refractivity contribution is 7.89. The van der Waals surface area contributed by atoms with Gasteiger partial charge < -0.3 is 4.90 Å². The van der Waals surface area contributed by atoms with Crippen LogP contribution >= 0.6 is 11.3 Å². The van der Waals surface area contributed by atoms with Gasteiger partial charge in [-0.25, -0.2) is 18.1 Å². The molecule has 1 N–H and O–H groups in total. The fourth-order valence-corrected chi connectivity index (χ4v) is 4.52. The van der Waals surface area contributed by atoms with E-state index in [4.69, 9.17) is 0 Å². The number of thiazole rings is 1. The molecular formula is C14H17N3O2S2. The van der Waals surface area contributed by atoms with Gasteiger partial charge in [0, 0.05) is 30.7 Å². The minimum Gasteiger partial charge on any atom is -0.346 e. The van der Waals surface area contributed by atoms with E-state index in [0.29, 0.717) is 11.4 Å². The molecule has 0 radical (unpaired) electrons. The van der Waals surface area contributed by atoms with Gasteiger partial charge >= 0.3 is 0 Å². The molecule has 1 aromatic carbocycles. The molecule has 7 heteroatoms. The molecule has 5 nitrogen and oxygen atoms in total. The van der Waals surface area contributed by atoms with Crippen LogP contribution in [0.3, 0.4) is 0 Å². The van der Waals surface area contributed by atoms with Gasteiger partial charge in [0.25, 0.3) is 0 Å². The summed E-state index contributed by atoms with van der Waals surface area (Å²) in [5.74, 6) is 0. The van der Waals surface area contributed by atoms with Crippen molar-refractivity contribution >= 4 is 26.5 Å². The summed E-state index contributed by atoms with van der Waals surface area (Å²) in [5.41, 5.74) is 0.939. The van der Waals surface area contributed by atoms with E-state index in [1.54, 1.807) is 35.7 Å². The molecule has 0 aliphatic carbocycles. The Morgan fingerprint density at radius 2 is 2.29 bits per heavy atom. The first kappa shape index (κ1) is 14.5. The van der Waals surface area contributed by atoms with Crippen molar-refractivity contribution in [3.8, 4) is 0 Å². The normalized spacial score (nSPS) is 19.1. The quantitative estimate of drug-likeness (QED) is 0.935. The zero-order chi connectivity index (χ0) is 14.9. The Hall–Kier alpha value is -1.44. The van der Waals surface area contributed by atoms with Crippen LogP contribution in [0.2, 0.25) is 0 Å². The van der Waals surface area contributed by atoms with Gasteiger partial charge in [-0.2, -0.15) is 0 Å². The highest BCUT2D eigenvalue weighted by Crippen LogP contribution is 2.23. The van der Waals surface area contributed by atoms with Crippen LogP contribution in [-0.2, 0) is 10.0 Å². The van der Waals surface area contributed by atoms with Crippen LogP contribution in [0.1, 0.15) is 12.0 Å². The van der Waals surface area contributed by atoms with Gasteiger partial charge in [0.1, 0.15) is 0 Å². The van der Waals surface area contributed by atoms with Crippen LogP contribution < -0.4 is 9.62 Å². The Morgan fingerprint density at radius 3 is 3.00 bits per heavy atom. The zero-order valence-corrected chi connectivity index (χ0v) is 13.3. The molecule has 2 aromatic rings. The van der Waals surface area contributed by atoms with Gasteiger partial charge in [0.05, 0.1) is 4.90 Å². The maximum atomic E-state index is 12.4. The SMILES string of the molecule is Cc1cccc(S(=O)(=O)NC2CCN(c3nccs3)C2)c1. The number of sulfonamides is 1. The minimum absolute atomic E-state index is 0.0700. The lowest BCUT2D eigenvalue weighted by Gasteiger charge is -2.16. The Labute approximate surface area is 128 Å². The molecule has 1 saturated heterocycles. The van der Waals surface area contributed by atoms with E-state index in [2.05, 4.69) is 14.6 Å². The van der Waals surface area contributed by atoms with Crippen LogP contribution in [0.5, 0.6) is 0 Å². The summed E-state index contributed by atoms with van der Waals surface area (Å²) in [6.45, 7) is 3.38. The number of aryl methyl sites for hydroxylation is 1. The fraction of sp³-hybridized carbons (Fsp3) is 0.357. The van der Waals surface area contributed by atoms with Crippen LogP contribution in [-0.4, -0.2) is 32.5 Å². The van der Waals surface area contributed by atoms with E-state index in [1.165, 1.54) is 0 Å². The number of hydrogen-bond donors (Lipinski definition) is 1. The van der Waals surface area contributed by atoms with Crippen molar-refractivity contribution in [2.45, 2.75) is 24.3 Å². The first-order valence-corrected chi connectivity index (χ1v) is 9.14. The standard InChI is InChI=1S/C14H17N3O2S2/c1-11-3-2-4-13(9-11)21(18,19)16-12-5-7-17(10-12)14-15-6-8-20-14/h2-4,6,8-9,12,16H,5,7,10H2,1H3. The summed E-state index contributed by atoms with van der Waals surface area (Å²) in [6, 6.07) is 6.90. The molecule has 0 amide bonds. The second-order valence-electron chi connectivity index (χ2n) is 5.18. The molecule has 1 atom stereocenters. The predicted molar refractivity (Wildman–Crippen MR) is 84.2 cm³/mol. The number of rotatable bonds is 4. The predicted octanol–water partition coefficient (Wildman–Crippen LogP) is 2.01. The summed E-state index contributed by atoms with van der Waals surface area (Å²) in [4.78, 5) is 6.71. The third kappa shape index (κ3) is 3.25. The summed E-state index contributed by atoms with van der Waals surface area (Å²) >= 11 is 1.58. The molecule has 1 aromatic heterocycles. The fourth-order valence-electron chi connectivity index (χ4n) is 2.47. The molecule has 0 spiro atoms. The molecule has 1 aliphatic rings. The van der Waals surface area contributed by atoms with Gasteiger partial charge in [0.15, 0.2) is 5.13 Å². The van der Waals surface area contributed by atoms with Crippen LogP contribution in [0.4, 0.5) is 5.13 Å². The molecule has 112 valence electrons. The Bertz CT molecular complexity index is 714. The highest BCUT2D eigenvalue weighted by atomic mass is 32.2. The maximum absolute atomic E-state index is 12.4. The number of anilines is 1. The third-order valence-corrected chi connectivity index (χ3v) is 5.85. The van der Waals surface area contributed by atoms with Gasteiger partial charge in [-0.15, -0.1) is 11.3 Å². The van der Waals surface area contributed by atoms with Crippen molar-refractivity contribution in [3.63, 3.8) is 0 Å².